The second-order valence-electron chi connectivity index (χ2n) is 4.68. The van der Waals surface area contributed by atoms with Crippen molar-refractivity contribution < 1.29 is 9.59 Å². The van der Waals surface area contributed by atoms with Gasteiger partial charge in [0.2, 0.25) is 0 Å². The summed E-state index contributed by atoms with van der Waals surface area (Å²) in [6.45, 7) is 1.29. The normalized spacial score (nSPS) is 18.4. The number of fused-ring (bicyclic) bond motifs is 1. The van der Waals surface area contributed by atoms with Gasteiger partial charge in [0, 0.05) is 23.6 Å². The van der Waals surface area contributed by atoms with Crippen LogP contribution in [0.5, 0.6) is 0 Å². The Kier molecular flexibility index (Phi) is 2.95. The minimum absolute atomic E-state index is 0.405. The van der Waals surface area contributed by atoms with Crippen LogP contribution in [0.15, 0.2) is 22.7 Å². The Labute approximate surface area is 113 Å². The second-order valence-corrected chi connectivity index (χ2v) is 5.59. The van der Waals surface area contributed by atoms with Crippen molar-refractivity contribution in [2.45, 2.75) is 18.9 Å². The highest BCUT2D eigenvalue weighted by atomic mass is 79.9. The maximum absolute atomic E-state index is 11.9. The van der Waals surface area contributed by atoms with E-state index in [4.69, 9.17) is 0 Å². The molecule has 0 bridgehead atoms. The van der Waals surface area contributed by atoms with Crippen LogP contribution in [0.1, 0.15) is 23.2 Å². The van der Waals surface area contributed by atoms with Gasteiger partial charge in [-0.1, -0.05) is 15.9 Å². The molecule has 0 unspecified atom stereocenters. The Morgan fingerprint density at radius 2 is 2.11 bits per heavy atom. The van der Waals surface area contributed by atoms with Gasteiger partial charge >= 0.3 is 0 Å². The average molecular weight is 309 g/mol. The topological polar surface area (TPSA) is 49.4 Å². The summed E-state index contributed by atoms with van der Waals surface area (Å²) in [4.78, 5) is 25.3. The minimum atomic E-state index is -0.416. The molecule has 0 spiro atoms. The number of benzene rings is 1. The van der Waals surface area contributed by atoms with E-state index < -0.39 is 11.7 Å². The highest BCUT2D eigenvalue weighted by Gasteiger charge is 2.35. The number of Topliss-reactive ketones (excluding diaryl/α,β-unsaturated/α-hetero) is 1. The molecule has 1 heterocycles. The number of nitrogens with zero attached hydrogens (tertiary/aromatic N) is 1. The van der Waals surface area contributed by atoms with Crippen LogP contribution in [0.25, 0.3) is 0 Å². The van der Waals surface area contributed by atoms with Gasteiger partial charge in [-0.05, 0) is 31.0 Å². The highest BCUT2D eigenvalue weighted by molar-refractivity contribution is 9.10. The Morgan fingerprint density at radius 3 is 2.83 bits per heavy atom. The van der Waals surface area contributed by atoms with E-state index in [1.54, 1.807) is 11.0 Å². The lowest BCUT2D eigenvalue weighted by Crippen LogP contribution is -2.36. The molecule has 0 aromatic heterocycles. The summed E-state index contributed by atoms with van der Waals surface area (Å²) in [5.41, 5.74) is 1.23. The molecule has 4 nitrogen and oxygen atoms in total. The third-order valence-electron chi connectivity index (χ3n) is 3.28. The predicted octanol–water partition coefficient (Wildman–Crippen LogP) is 1.73. The molecule has 3 rings (SSSR count). The van der Waals surface area contributed by atoms with Gasteiger partial charge in [0.15, 0.2) is 0 Å². The fraction of sp³-hybridized carbons (Fsp3) is 0.385. The maximum Gasteiger partial charge on any atom is 0.299 e. The van der Waals surface area contributed by atoms with E-state index in [2.05, 4.69) is 21.2 Å². The largest absolute Gasteiger partial charge is 0.312 e. The molecular formula is C13H13BrN2O2. The number of ketones is 1. The van der Waals surface area contributed by atoms with Crippen molar-refractivity contribution in [3.05, 3.63) is 28.2 Å². The Bertz CT molecular complexity index is 526. The zero-order valence-corrected chi connectivity index (χ0v) is 11.4. The van der Waals surface area contributed by atoms with Crippen LogP contribution in [-0.4, -0.2) is 30.8 Å². The highest BCUT2D eigenvalue weighted by Crippen LogP contribution is 2.31. The summed E-state index contributed by atoms with van der Waals surface area (Å²) in [5.74, 6) is -0.821. The van der Waals surface area contributed by atoms with E-state index in [0.717, 1.165) is 16.7 Å². The molecule has 0 saturated heterocycles. The fourth-order valence-electron chi connectivity index (χ4n) is 2.16. The number of anilines is 1. The van der Waals surface area contributed by atoms with Gasteiger partial charge in [-0.3, -0.25) is 9.59 Å². The molecular weight excluding hydrogens is 296 g/mol. The number of rotatable bonds is 4. The van der Waals surface area contributed by atoms with Crippen LogP contribution in [0.2, 0.25) is 0 Å². The summed E-state index contributed by atoms with van der Waals surface area (Å²) >= 11 is 3.32. The monoisotopic (exact) mass is 308 g/mol. The molecule has 1 aromatic carbocycles. The molecule has 2 aliphatic rings. The molecule has 0 radical (unpaired) electrons. The lowest BCUT2D eigenvalue weighted by atomic mass is 10.1. The van der Waals surface area contributed by atoms with E-state index in [9.17, 15) is 9.59 Å². The fourth-order valence-corrected chi connectivity index (χ4v) is 2.52. The Hall–Kier alpha value is -1.20. The van der Waals surface area contributed by atoms with Crippen LogP contribution in [0.3, 0.4) is 0 Å². The summed E-state index contributed by atoms with van der Waals surface area (Å²) in [5, 5.41) is 3.35. The number of amides is 1. The van der Waals surface area contributed by atoms with Crippen LogP contribution < -0.4 is 10.2 Å². The molecule has 1 aromatic rings. The molecule has 1 N–H and O–H groups in total. The molecule has 1 amide bonds. The van der Waals surface area contributed by atoms with E-state index in [0.29, 0.717) is 18.2 Å². The van der Waals surface area contributed by atoms with E-state index >= 15 is 0 Å². The van der Waals surface area contributed by atoms with Gasteiger partial charge in [-0.2, -0.15) is 0 Å². The van der Waals surface area contributed by atoms with Crippen molar-refractivity contribution in [2.24, 2.45) is 0 Å². The van der Waals surface area contributed by atoms with Gasteiger partial charge in [0.1, 0.15) is 0 Å². The molecule has 0 atom stereocenters. The summed E-state index contributed by atoms with van der Waals surface area (Å²) in [6, 6.07) is 6.00. The number of halogens is 1. The van der Waals surface area contributed by atoms with Crippen molar-refractivity contribution in [1.82, 2.24) is 5.32 Å². The number of nitrogens with one attached hydrogen (secondary N) is 1. The minimum Gasteiger partial charge on any atom is -0.312 e. The van der Waals surface area contributed by atoms with Crippen molar-refractivity contribution in [1.29, 1.82) is 0 Å². The summed E-state index contributed by atoms with van der Waals surface area (Å²) in [6.07, 6.45) is 2.44. The summed E-state index contributed by atoms with van der Waals surface area (Å²) in [7, 11) is 0. The molecule has 1 fully saturated rings. The van der Waals surface area contributed by atoms with Crippen molar-refractivity contribution in [3.8, 4) is 0 Å². The molecule has 94 valence electrons. The quantitative estimate of drug-likeness (QED) is 0.862. The first-order valence-corrected chi connectivity index (χ1v) is 6.85. The lowest BCUT2D eigenvalue weighted by Gasteiger charge is -2.16. The van der Waals surface area contributed by atoms with E-state index in [1.807, 2.05) is 12.1 Å². The first kappa shape index (κ1) is 11.9. The van der Waals surface area contributed by atoms with Gasteiger partial charge in [0.05, 0.1) is 11.3 Å². The van der Waals surface area contributed by atoms with Crippen molar-refractivity contribution in [3.63, 3.8) is 0 Å². The van der Waals surface area contributed by atoms with Gasteiger partial charge < -0.3 is 10.2 Å². The Morgan fingerprint density at radius 1 is 1.33 bits per heavy atom. The third-order valence-corrected chi connectivity index (χ3v) is 3.77. The molecule has 5 heteroatoms. The average Bonchev–Trinajstić information content (AvgIpc) is 3.14. The standard InChI is InChI=1S/C13H13BrN2O2/c14-8-1-4-11-10(7-8)12(17)13(18)16(11)6-5-15-9-2-3-9/h1,4,7,9,15H,2-3,5-6H2. The molecule has 1 saturated carbocycles. The summed E-state index contributed by atoms with van der Waals surface area (Å²) < 4.78 is 0.820. The van der Waals surface area contributed by atoms with Crippen molar-refractivity contribution in [2.75, 3.05) is 18.0 Å². The molecule has 18 heavy (non-hydrogen) atoms. The molecule has 1 aliphatic heterocycles. The number of carbonyl (C=O) groups excluding carboxylic acids is 2. The number of hydrogen-bond acceptors (Lipinski definition) is 3. The smallest absolute Gasteiger partial charge is 0.299 e. The maximum atomic E-state index is 11.9. The van der Waals surface area contributed by atoms with Crippen LogP contribution in [0, 0.1) is 0 Å². The zero-order valence-electron chi connectivity index (χ0n) is 9.78. The predicted molar refractivity (Wildman–Crippen MR) is 71.9 cm³/mol. The van der Waals surface area contributed by atoms with Gasteiger partial charge in [-0.15, -0.1) is 0 Å². The second kappa shape index (κ2) is 4.48. The number of carbonyl (C=O) groups is 2. The van der Waals surface area contributed by atoms with E-state index in [1.165, 1.54) is 12.8 Å². The third kappa shape index (κ3) is 2.08. The SMILES string of the molecule is O=C1C(=O)N(CCNC2CC2)c2ccc(Br)cc21. The first-order valence-electron chi connectivity index (χ1n) is 6.06. The lowest BCUT2D eigenvalue weighted by molar-refractivity contribution is -0.114. The first-order chi connectivity index (χ1) is 8.66. The van der Waals surface area contributed by atoms with Crippen LogP contribution >= 0.6 is 15.9 Å². The van der Waals surface area contributed by atoms with Crippen molar-refractivity contribution >= 4 is 33.3 Å². The molecule has 1 aliphatic carbocycles. The number of hydrogen-bond donors (Lipinski definition) is 1. The van der Waals surface area contributed by atoms with E-state index in [-0.39, 0.29) is 0 Å². The Balaban J connectivity index is 1.78. The van der Waals surface area contributed by atoms with Gasteiger partial charge in [-0.25, -0.2) is 0 Å². The van der Waals surface area contributed by atoms with Crippen LogP contribution in [-0.2, 0) is 4.79 Å². The van der Waals surface area contributed by atoms with Crippen LogP contribution in [0.4, 0.5) is 5.69 Å². The zero-order chi connectivity index (χ0) is 12.7. The van der Waals surface area contributed by atoms with Gasteiger partial charge in [0.25, 0.3) is 11.7 Å².